The zero-order chi connectivity index (χ0) is 13.5. The molecule has 1 aliphatic rings. The Balaban J connectivity index is 2.29. The van der Waals surface area contributed by atoms with Gasteiger partial charge in [0.2, 0.25) is 5.91 Å². The van der Waals surface area contributed by atoms with Crippen LogP contribution in [0.5, 0.6) is 0 Å². The van der Waals surface area contributed by atoms with Crippen molar-refractivity contribution in [3.63, 3.8) is 0 Å². The largest absolute Gasteiger partial charge is 0.383 e. The average molecular weight is 257 g/mol. The van der Waals surface area contributed by atoms with Crippen molar-refractivity contribution >= 4 is 5.91 Å². The molecule has 1 saturated heterocycles. The first-order valence-electron chi connectivity index (χ1n) is 6.77. The Morgan fingerprint density at radius 1 is 1.61 bits per heavy atom. The number of carbonyl (C=O) groups is 1. The molecule has 3 N–H and O–H groups in total. The second kappa shape index (κ2) is 7.71. The molecule has 0 aromatic heterocycles. The van der Waals surface area contributed by atoms with Gasteiger partial charge in [0.25, 0.3) is 0 Å². The Morgan fingerprint density at radius 3 is 2.89 bits per heavy atom. The topological polar surface area (TPSA) is 67.6 Å². The molecule has 3 unspecified atom stereocenters. The van der Waals surface area contributed by atoms with E-state index in [1.807, 2.05) is 6.92 Å². The first kappa shape index (κ1) is 15.4. The molecule has 0 spiro atoms. The second-order valence-electron chi connectivity index (χ2n) is 5.42. The Kier molecular flexibility index (Phi) is 6.60. The lowest BCUT2D eigenvalue weighted by molar-refractivity contribution is -0.123. The molecule has 1 aliphatic heterocycles. The van der Waals surface area contributed by atoms with Crippen molar-refractivity contribution in [1.82, 2.24) is 10.2 Å². The molecule has 5 nitrogen and oxygen atoms in total. The minimum Gasteiger partial charge on any atom is -0.383 e. The van der Waals surface area contributed by atoms with E-state index >= 15 is 0 Å². The summed E-state index contributed by atoms with van der Waals surface area (Å²) in [7, 11) is 1.64. The van der Waals surface area contributed by atoms with Gasteiger partial charge < -0.3 is 15.8 Å². The van der Waals surface area contributed by atoms with Crippen molar-refractivity contribution < 1.29 is 9.53 Å². The maximum atomic E-state index is 11.8. The van der Waals surface area contributed by atoms with Gasteiger partial charge in [0.05, 0.1) is 13.2 Å². The normalized spacial score (nSPS) is 26.9. The predicted molar refractivity (Wildman–Crippen MR) is 72.2 cm³/mol. The molecule has 0 aromatic rings. The lowest BCUT2D eigenvalue weighted by Gasteiger charge is -2.36. The highest BCUT2D eigenvalue weighted by atomic mass is 16.5. The van der Waals surface area contributed by atoms with Crippen molar-refractivity contribution in [2.45, 2.75) is 26.3 Å². The van der Waals surface area contributed by atoms with Gasteiger partial charge in [-0.1, -0.05) is 6.92 Å². The fourth-order valence-electron chi connectivity index (χ4n) is 2.59. The van der Waals surface area contributed by atoms with Crippen LogP contribution in [0.15, 0.2) is 0 Å². The third kappa shape index (κ3) is 4.92. The number of likely N-dealkylation sites (tertiary alicyclic amines) is 1. The molecule has 3 atom stereocenters. The van der Waals surface area contributed by atoms with Gasteiger partial charge in [-0.25, -0.2) is 0 Å². The third-order valence-corrected chi connectivity index (χ3v) is 3.66. The van der Waals surface area contributed by atoms with E-state index in [9.17, 15) is 4.79 Å². The number of piperidine rings is 1. The lowest BCUT2D eigenvalue weighted by atomic mass is 9.87. The number of rotatable bonds is 6. The lowest BCUT2D eigenvalue weighted by Crippen LogP contribution is -2.47. The fourth-order valence-corrected chi connectivity index (χ4v) is 2.59. The number of nitrogens with two attached hydrogens (primary N) is 1. The summed E-state index contributed by atoms with van der Waals surface area (Å²) in [5, 5.41) is 2.94. The Morgan fingerprint density at radius 2 is 2.33 bits per heavy atom. The van der Waals surface area contributed by atoms with Crippen LogP contribution in [-0.4, -0.2) is 56.7 Å². The second-order valence-corrected chi connectivity index (χ2v) is 5.42. The molecule has 1 rings (SSSR count). The Labute approximate surface area is 110 Å². The van der Waals surface area contributed by atoms with Crippen molar-refractivity contribution in [3.05, 3.63) is 0 Å². The van der Waals surface area contributed by atoms with Gasteiger partial charge in [-0.05, 0) is 38.3 Å². The van der Waals surface area contributed by atoms with Crippen LogP contribution in [0.3, 0.4) is 0 Å². The number of amides is 1. The highest BCUT2D eigenvalue weighted by Crippen LogP contribution is 2.21. The number of methoxy groups -OCH3 is 1. The maximum Gasteiger partial charge on any atom is 0.234 e. The van der Waals surface area contributed by atoms with E-state index in [1.165, 1.54) is 0 Å². The Hall–Kier alpha value is -0.650. The molecule has 1 amide bonds. The third-order valence-electron chi connectivity index (χ3n) is 3.66. The van der Waals surface area contributed by atoms with E-state index in [2.05, 4.69) is 17.1 Å². The molecule has 5 heteroatoms. The smallest absolute Gasteiger partial charge is 0.234 e. The number of hydrogen-bond donors (Lipinski definition) is 2. The van der Waals surface area contributed by atoms with Crippen LogP contribution in [0.2, 0.25) is 0 Å². The van der Waals surface area contributed by atoms with Crippen molar-refractivity contribution in [3.8, 4) is 0 Å². The van der Waals surface area contributed by atoms with Crippen LogP contribution in [0, 0.1) is 11.8 Å². The quantitative estimate of drug-likeness (QED) is 0.706. The van der Waals surface area contributed by atoms with E-state index in [1.54, 1.807) is 7.11 Å². The van der Waals surface area contributed by atoms with Crippen LogP contribution < -0.4 is 11.1 Å². The van der Waals surface area contributed by atoms with Crippen LogP contribution in [0.25, 0.3) is 0 Å². The van der Waals surface area contributed by atoms with Crippen LogP contribution in [0.1, 0.15) is 20.3 Å². The predicted octanol–water partition coefficient (Wildman–Crippen LogP) is 0.0542. The SMILES string of the molecule is COCC(C)NC(=O)CN1CCC(CN)C(C)C1. The van der Waals surface area contributed by atoms with Crippen LogP contribution in [0.4, 0.5) is 0 Å². The molecule has 0 bridgehead atoms. The van der Waals surface area contributed by atoms with E-state index in [0.29, 0.717) is 25.0 Å². The number of hydrogen-bond acceptors (Lipinski definition) is 4. The highest BCUT2D eigenvalue weighted by molar-refractivity contribution is 5.78. The molecular weight excluding hydrogens is 230 g/mol. The van der Waals surface area contributed by atoms with E-state index in [-0.39, 0.29) is 11.9 Å². The fraction of sp³-hybridized carbons (Fsp3) is 0.923. The van der Waals surface area contributed by atoms with Crippen molar-refractivity contribution in [2.75, 3.05) is 39.9 Å². The van der Waals surface area contributed by atoms with Crippen molar-refractivity contribution in [1.29, 1.82) is 0 Å². The van der Waals surface area contributed by atoms with Gasteiger partial charge in [0.1, 0.15) is 0 Å². The Bertz CT molecular complexity index is 261. The summed E-state index contributed by atoms with van der Waals surface area (Å²) >= 11 is 0. The molecule has 1 fully saturated rings. The highest BCUT2D eigenvalue weighted by Gasteiger charge is 2.26. The summed E-state index contributed by atoms with van der Waals surface area (Å²) in [5.41, 5.74) is 5.73. The van der Waals surface area contributed by atoms with Gasteiger partial charge in [0.15, 0.2) is 0 Å². The number of carbonyl (C=O) groups excluding carboxylic acids is 1. The number of nitrogens with zero attached hydrogens (tertiary/aromatic N) is 1. The van der Waals surface area contributed by atoms with Gasteiger partial charge in [0, 0.05) is 19.7 Å². The van der Waals surface area contributed by atoms with Crippen LogP contribution in [-0.2, 0) is 9.53 Å². The number of nitrogens with one attached hydrogen (secondary N) is 1. The zero-order valence-electron chi connectivity index (χ0n) is 11.8. The van der Waals surface area contributed by atoms with Gasteiger partial charge in [-0.2, -0.15) is 0 Å². The minimum atomic E-state index is 0.0708. The van der Waals surface area contributed by atoms with Gasteiger partial charge >= 0.3 is 0 Å². The summed E-state index contributed by atoms with van der Waals surface area (Å²) in [5.74, 6) is 1.27. The maximum absolute atomic E-state index is 11.8. The number of ether oxygens (including phenoxy) is 1. The van der Waals surface area contributed by atoms with Crippen molar-refractivity contribution in [2.24, 2.45) is 17.6 Å². The molecule has 106 valence electrons. The molecule has 0 aliphatic carbocycles. The summed E-state index contributed by atoms with van der Waals surface area (Å²) in [6, 6.07) is 0.0708. The molecule has 0 aromatic carbocycles. The standard InChI is InChI=1S/C13H27N3O2/c1-10-7-16(5-4-12(10)6-14)8-13(17)15-11(2)9-18-3/h10-12H,4-9,14H2,1-3H3,(H,15,17). The van der Waals surface area contributed by atoms with Gasteiger partial charge in [-0.15, -0.1) is 0 Å². The molecule has 0 radical (unpaired) electrons. The monoisotopic (exact) mass is 257 g/mol. The first-order valence-corrected chi connectivity index (χ1v) is 6.77. The molecule has 0 saturated carbocycles. The molecular formula is C13H27N3O2. The van der Waals surface area contributed by atoms with E-state index in [4.69, 9.17) is 10.5 Å². The summed E-state index contributed by atoms with van der Waals surface area (Å²) < 4.78 is 5.00. The summed E-state index contributed by atoms with van der Waals surface area (Å²) in [4.78, 5) is 14.0. The van der Waals surface area contributed by atoms with E-state index in [0.717, 1.165) is 26.1 Å². The molecule has 18 heavy (non-hydrogen) atoms. The minimum absolute atomic E-state index is 0.0708. The van der Waals surface area contributed by atoms with E-state index < -0.39 is 0 Å². The first-order chi connectivity index (χ1) is 8.56. The van der Waals surface area contributed by atoms with Crippen LogP contribution >= 0.6 is 0 Å². The summed E-state index contributed by atoms with van der Waals surface area (Å²) in [6.07, 6.45) is 1.10. The summed E-state index contributed by atoms with van der Waals surface area (Å²) in [6.45, 7) is 7.89. The zero-order valence-corrected chi connectivity index (χ0v) is 11.8. The molecule has 1 heterocycles. The van der Waals surface area contributed by atoms with Gasteiger partial charge in [-0.3, -0.25) is 9.69 Å². The average Bonchev–Trinajstić information content (AvgIpc) is 2.29.